The fourth-order valence-corrected chi connectivity index (χ4v) is 3.91. The Morgan fingerprint density at radius 2 is 1.79 bits per heavy atom. The molecular weight excluding hydrogens is 368 g/mol. The molecule has 7 heteroatoms. The van der Waals surface area contributed by atoms with Crippen LogP contribution in [-0.4, -0.2) is 69.5 Å². The largest absolute Gasteiger partial charge is 0.481 e. The van der Waals surface area contributed by atoms with Gasteiger partial charge in [-0.1, -0.05) is 30.3 Å². The van der Waals surface area contributed by atoms with Crippen LogP contribution in [0.5, 0.6) is 0 Å². The number of hydrogen-bond donors (Lipinski definition) is 1. The summed E-state index contributed by atoms with van der Waals surface area (Å²) in [6.45, 7) is 2.72. The number of carboxylic acids is 1. The Bertz CT molecular complexity index is 911. The van der Waals surface area contributed by atoms with Crippen LogP contribution < -0.4 is 0 Å². The third-order valence-electron chi connectivity index (χ3n) is 5.62. The van der Waals surface area contributed by atoms with Gasteiger partial charge in [-0.05, 0) is 36.6 Å². The van der Waals surface area contributed by atoms with E-state index in [2.05, 4.69) is 28.2 Å². The van der Waals surface area contributed by atoms with E-state index in [0.717, 1.165) is 17.5 Å². The van der Waals surface area contributed by atoms with Crippen LogP contribution in [0.4, 0.5) is 0 Å². The second kappa shape index (κ2) is 8.53. The summed E-state index contributed by atoms with van der Waals surface area (Å²) < 4.78 is 0. The van der Waals surface area contributed by atoms with E-state index in [4.69, 9.17) is 5.11 Å². The van der Waals surface area contributed by atoms with Gasteiger partial charge in [0.1, 0.15) is 0 Å². The molecule has 2 aliphatic rings. The molecule has 1 atom stereocenters. The molecule has 1 amide bonds. The first-order valence-corrected chi connectivity index (χ1v) is 9.90. The topological polar surface area (TPSA) is 86.6 Å². The first kappa shape index (κ1) is 19.3. The van der Waals surface area contributed by atoms with E-state index in [-0.39, 0.29) is 11.8 Å². The highest BCUT2D eigenvalue weighted by molar-refractivity contribution is 5.80. The van der Waals surface area contributed by atoms with Crippen molar-refractivity contribution < 1.29 is 14.7 Å². The number of aromatic nitrogens is 2. The lowest BCUT2D eigenvalue weighted by atomic mass is 9.98. The molecule has 2 aliphatic heterocycles. The van der Waals surface area contributed by atoms with Crippen molar-refractivity contribution >= 4 is 17.4 Å². The van der Waals surface area contributed by atoms with Gasteiger partial charge in [0.15, 0.2) is 5.82 Å². The van der Waals surface area contributed by atoms with Crippen LogP contribution in [0.2, 0.25) is 0 Å². The number of carbonyl (C=O) groups is 2. The Hall–Kier alpha value is -3.06. The van der Waals surface area contributed by atoms with Gasteiger partial charge < -0.3 is 10.0 Å². The van der Waals surface area contributed by atoms with Crippen LogP contribution in [0.15, 0.2) is 48.8 Å². The van der Waals surface area contributed by atoms with Crippen molar-refractivity contribution in [2.45, 2.75) is 12.8 Å². The lowest BCUT2D eigenvalue weighted by molar-refractivity contribution is -0.141. The first-order valence-electron chi connectivity index (χ1n) is 9.90. The molecule has 29 heavy (non-hydrogen) atoms. The van der Waals surface area contributed by atoms with Gasteiger partial charge in [-0.15, -0.1) is 0 Å². The molecule has 0 spiro atoms. The van der Waals surface area contributed by atoms with Crippen LogP contribution in [-0.2, 0) is 9.59 Å². The van der Waals surface area contributed by atoms with Crippen molar-refractivity contribution in [3.8, 4) is 11.4 Å². The molecule has 1 saturated heterocycles. The standard InChI is InChI=1S/C22H24N4O3/c27-20(15-25-11-6-19(14-25)22(28)29)26-12-7-17(8-13-26)16-2-4-18(5-3-16)21-23-9-1-10-24-21/h1-5,7,9-10,19H,6,8,11-15H2,(H,28,29). The number of carboxylic acid groups (broad SMARTS) is 1. The molecule has 1 N–H and O–H groups in total. The zero-order valence-electron chi connectivity index (χ0n) is 16.2. The quantitative estimate of drug-likeness (QED) is 0.839. The highest BCUT2D eigenvalue weighted by Gasteiger charge is 2.30. The second-order valence-corrected chi connectivity index (χ2v) is 7.53. The predicted octanol–water partition coefficient (Wildman–Crippen LogP) is 2.17. The van der Waals surface area contributed by atoms with E-state index >= 15 is 0 Å². The molecule has 0 bridgehead atoms. The minimum Gasteiger partial charge on any atom is -0.481 e. The van der Waals surface area contributed by atoms with Gasteiger partial charge >= 0.3 is 5.97 Å². The van der Waals surface area contributed by atoms with Gasteiger partial charge in [0.05, 0.1) is 12.5 Å². The summed E-state index contributed by atoms with van der Waals surface area (Å²) in [7, 11) is 0. The number of benzene rings is 1. The van der Waals surface area contributed by atoms with E-state index in [1.165, 1.54) is 5.57 Å². The molecule has 1 aromatic carbocycles. The average Bonchev–Trinajstić information content (AvgIpc) is 3.23. The normalized spacial score (nSPS) is 19.8. The molecule has 1 fully saturated rings. The zero-order chi connectivity index (χ0) is 20.2. The first-order chi connectivity index (χ1) is 14.1. The SMILES string of the molecule is O=C(O)C1CCN(CC(=O)N2CC=C(c3ccc(-c4ncccn4)cc3)CC2)C1. The highest BCUT2D eigenvalue weighted by atomic mass is 16.4. The maximum Gasteiger partial charge on any atom is 0.307 e. The summed E-state index contributed by atoms with van der Waals surface area (Å²) >= 11 is 0. The summed E-state index contributed by atoms with van der Waals surface area (Å²) in [4.78, 5) is 36.0. The molecule has 1 aromatic heterocycles. The zero-order valence-corrected chi connectivity index (χ0v) is 16.2. The van der Waals surface area contributed by atoms with Crippen molar-refractivity contribution in [1.82, 2.24) is 19.8 Å². The molecule has 1 unspecified atom stereocenters. The van der Waals surface area contributed by atoms with Crippen LogP contribution in [0.3, 0.4) is 0 Å². The van der Waals surface area contributed by atoms with Gasteiger partial charge in [0, 0.05) is 37.6 Å². The smallest absolute Gasteiger partial charge is 0.307 e. The fraction of sp³-hybridized carbons (Fsp3) is 0.364. The van der Waals surface area contributed by atoms with Gasteiger partial charge in [0.2, 0.25) is 5.91 Å². The summed E-state index contributed by atoms with van der Waals surface area (Å²) in [6.07, 6.45) is 7.01. The number of carbonyl (C=O) groups excluding carboxylic acids is 1. The van der Waals surface area contributed by atoms with Gasteiger partial charge in [-0.2, -0.15) is 0 Å². The number of hydrogen-bond acceptors (Lipinski definition) is 5. The molecule has 0 aliphatic carbocycles. The van der Waals surface area contributed by atoms with Gasteiger partial charge in [0.25, 0.3) is 0 Å². The fourth-order valence-electron chi connectivity index (χ4n) is 3.91. The monoisotopic (exact) mass is 392 g/mol. The molecular formula is C22H24N4O3. The molecule has 4 rings (SSSR count). The van der Waals surface area contributed by atoms with Crippen molar-refractivity contribution in [3.05, 3.63) is 54.4 Å². The molecule has 2 aromatic rings. The summed E-state index contributed by atoms with van der Waals surface area (Å²) in [5, 5.41) is 9.10. The maximum absolute atomic E-state index is 12.6. The van der Waals surface area contributed by atoms with Crippen LogP contribution >= 0.6 is 0 Å². The number of likely N-dealkylation sites (tertiary alicyclic amines) is 1. The molecule has 7 nitrogen and oxygen atoms in total. The number of aliphatic carboxylic acids is 1. The van der Waals surface area contributed by atoms with Gasteiger partial charge in [-0.25, -0.2) is 9.97 Å². The van der Waals surface area contributed by atoms with Crippen molar-refractivity contribution in [2.24, 2.45) is 5.92 Å². The Labute approximate surface area is 169 Å². The number of rotatable bonds is 5. The maximum atomic E-state index is 12.6. The Balaban J connectivity index is 1.33. The van der Waals surface area contributed by atoms with E-state index < -0.39 is 5.97 Å². The van der Waals surface area contributed by atoms with Crippen molar-refractivity contribution in [2.75, 3.05) is 32.7 Å². The van der Waals surface area contributed by atoms with Crippen LogP contribution in [0.25, 0.3) is 17.0 Å². The summed E-state index contributed by atoms with van der Waals surface area (Å²) in [6, 6.07) is 9.99. The molecule has 3 heterocycles. The van der Waals surface area contributed by atoms with Gasteiger partial charge in [-0.3, -0.25) is 14.5 Å². The highest BCUT2D eigenvalue weighted by Crippen LogP contribution is 2.25. The predicted molar refractivity (Wildman–Crippen MR) is 109 cm³/mol. The average molecular weight is 392 g/mol. The van der Waals surface area contributed by atoms with Crippen molar-refractivity contribution in [1.29, 1.82) is 0 Å². The van der Waals surface area contributed by atoms with E-state index in [1.807, 2.05) is 21.9 Å². The summed E-state index contributed by atoms with van der Waals surface area (Å²) in [5.74, 6) is -0.335. The van der Waals surface area contributed by atoms with E-state index in [1.54, 1.807) is 18.5 Å². The molecule has 0 radical (unpaired) electrons. The molecule has 0 saturated carbocycles. The molecule has 150 valence electrons. The summed E-state index contributed by atoms with van der Waals surface area (Å²) in [5.41, 5.74) is 3.37. The number of nitrogens with zero attached hydrogens (tertiary/aromatic N) is 4. The number of amides is 1. The third kappa shape index (κ3) is 4.51. The Morgan fingerprint density at radius 1 is 1.07 bits per heavy atom. The lowest BCUT2D eigenvalue weighted by Gasteiger charge is -2.28. The minimum atomic E-state index is -0.768. The second-order valence-electron chi connectivity index (χ2n) is 7.53. The van der Waals surface area contributed by atoms with E-state index in [9.17, 15) is 9.59 Å². The Morgan fingerprint density at radius 3 is 2.41 bits per heavy atom. The third-order valence-corrected chi connectivity index (χ3v) is 5.62. The van der Waals surface area contributed by atoms with E-state index in [0.29, 0.717) is 45.0 Å². The Kier molecular flexibility index (Phi) is 5.67. The van der Waals surface area contributed by atoms with Crippen LogP contribution in [0, 0.1) is 5.92 Å². The lowest BCUT2D eigenvalue weighted by Crippen LogP contribution is -2.41. The minimum absolute atomic E-state index is 0.0721. The van der Waals surface area contributed by atoms with Crippen LogP contribution in [0.1, 0.15) is 18.4 Å². The van der Waals surface area contributed by atoms with Crippen molar-refractivity contribution in [3.63, 3.8) is 0 Å².